The summed E-state index contributed by atoms with van der Waals surface area (Å²) in [7, 11) is 0. The van der Waals surface area contributed by atoms with Crippen molar-refractivity contribution in [2.24, 2.45) is 0 Å². The fraction of sp³-hybridized carbons (Fsp3) is 0.286. The van der Waals surface area contributed by atoms with Crippen molar-refractivity contribution in [3.05, 3.63) is 105 Å². The average molecular weight is 592 g/mol. The average Bonchev–Trinajstić information content (AvgIpc) is 2.88. The Bertz CT molecular complexity index is 1130. The van der Waals surface area contributed by atoms with Gasteiger partial charge in [-0.05, 0) is 41.8 Å². The van der Waals surface area contributed by atoms with Crippen LogP contribution in [0, 0.1) is 5.82 Å². The molecule has 0 fully saturated rings. The molecule has 0 aliphatic heterocycles. The highest BCUT2D eigenvalue weighted by Crippen LogP contribution is 2.25. The molecule has 1 atom stereocenters. The largest absolute Gasteiger partial charge is 0.354 e. The molecule has 3 aromatic rings. The van der Waals surface area contributed by atoms with Gasteiger partial charge in [-0.2, -0.15) is 0 Å². The number of carbonyl (C=O) groups is 2. The van der Waals surface area contributed by atoms with Crippen molar-refractivity contribution in [3.63, 3.8) is 0 Å². The Morgan fingerprint density at radius 1 is 1.03 bits per heavy atom. The molecule has 0 aliphatic rings. The molecular weight excluding hydrogens is 563 g/mol. The summed E-state index contributed by atoms with van der Waals surface area (Å²) >= 11 is 10.9. The van der Waals surface area contributed by atoms with Crippen molar-refractivity contribution < 1.29 is 14.0 Å². The number of nitrogens with one attached hydrogen (secondary N) is 1. The van der Waals surface area contributed by atoms with Crippen LogP contribution in [-0.4, -0.2) is 35.1 Å². The van der Waals surface area contributed by atoms with Gasteiger partial charge >= 0.3 is 0 Å². The fourth-order valence-electron chi connectivity index (χ4n) is 3.70. The summed E-state index contributed by atoms with van der Waals surface area (Å²) in [6.07, 6.45) is 1.19. The zero-order valence-corrected chi connectivity index (χ0v) is 23.2. The summed E-state index contributed by atoms with van der Waals surface area (Å²) in [5.74, 6) is -0.422. The minimum atomic E-state index is -0.687. The first kappa shape index (κ1) is 28.2. The monoisotopic (exact) mass is 590 g/mol. The maximum atomic E-state index is 14.2. The van der Waals surface area contributed by atoms with E-state index in [9.17, 15) is 14.0 Å². The van der Waals surface area contributed by atoms with Crippen LogP contribution < -0.4 is 5.32 Å². The second-order valence-corrected chi connectivity index (χ2v) is 10.6. The lowest BCUT2D eigenvalue weighted by atomic mass is 10.0. The molecule has 3 aromatic carbocycles. The highest BCUT2D eigenvalue weighted by atomic mass is 79.9. The predicted octanol–water partition coefficient (Wildman–Crippen LogP) is 6.64. The topological polar surface area (TPSA) is 49.4 Å². The Kier molecular flexibility index (Phi) is 11.3. The van der Waals surface area contributed by atoms with Crippen molar-refractivity contribution in [2.45, 2.75) is 38.1 Å². The maximum absolute atomic E-state index is 14.2. The summed E-state index contributed by atoms with van der Waals surface area (Å²) < 4.78 is 15.1. The van der Waals surface area contributed by atoms with E-state index in [4.69, 9.17) is 11.6 Å². The van der Waals surface area contributed by atoms with E-state index in [0.29, 0.717) is 23.6 Å². The van der Waals surface area contributed by atoms with Gasteiger partial charge in [-0.3, -0.25) is 9.59 Å². The number of halogens is 3. The zero-order chi connectivity index (χ0) is 25.9. The highest BCUT2D eigenvalue weighted by molar-refractivity contribution is 9.10. The minimum Gasteiger partial charge on any atom is -0.354 e. The number of benzene rings is 3. The predicted molar refractivity (Wildman–Crippen MR) is 149 cm³/mol. The third kappa shape index (κ3) is 8.36. The molecule has 0 bridgehead atoms. The van der Waals surface area contributed by atoms with E-state index in [1.165, 1.54) is 17.8 Å². The molecule has 0 aromatic heterocycles. The van der Waals surface area contributed by atoms with Crippen LogP contribution >= 0.6 is 39.3 Å². The lowest BCUT2D eigenvalue weighted by Crippen LogP contribution is -2.51. The van der Waals surface area contributed by atoms with E-state index >= 15 is 0 Å². The number of hydrogen-bond acceptors (Lipinski definition) is 3. The summed E-state index contributed by atoms with van der Waals surface area (Å²) in [5.41, 5.74) is 2.25. The van der Waals surface area contributed by atoms with Crippen LogP contribution in [0.3, 0.4) is 0 Å². The molecule has 0 unspecified atom stereocenters. The molecule has 3 rings (SSSR count). The number of rotatable bonds is 12. The third-order valence-electron chi connectivity index (χ3n) is 5.62. The maximum Gasteiger partial charge on any atom is 0.243 e. The molecule has 0 spiro atoms. The molecule has 0 radical (unpaired) electrons. The summed E-state index contributed by atoms with van der Waals surface area (Å²) in [4.78, 5) is 28.5. The van der Waals surface area contributed by atoms with Crippen molar-refractivity contribution in [2.75, 3.05) is 12.3 Å². The molecular formula is C28H29BrClFN2O2S. The highest BCUT2D eigenvalue weighted by Gasteiger charge is 2.30. The van der Waals surface area contributed by atoms with Crippen LogP contribution in [0.15, 0.2) is 77.3 Å². The summed E-state index contributed by atoms with van der Waals surface area (Å²) in [6.45, 7) is 2.80. The summed E-state index contributed by atoms with van der Waals surface area (Å²) in [5, 5.41) is 3.30. The normalized spacial score (nSPS) is 11.7. The van der Waals surface area contributed by atoms with E-state index in [-0.39, 0.29) is 29.9 Å². The van der Waals surface area contributed by atoms with Crippen molar-refractivity contribution in [1.82, 2.24) is 10.2 Å². The van der Waals surface area contributed by atoms with Gasteiger partial charge in [0, 0.05) is 40.3 Å². The van der Waals surface area contributed by atoms with Gasteiger partial charge in [0.1, 0.15) is 11.9 Å². The first-order valence-corrected chi connectivity index (χ1v) is 14.1. The molecule has 190 valence electrons. The van der Waals surface area contributed by atoms with Crippen LogP contribution in [-0.2, 0) is 28.3 Å². The number of carbonyl (C=O) groups excluding carboxylic acids is 2. The molecule has 1 N–H and O–H groups in total. The molecule has 0 heterocycles. The lowest BCUT2D eigenvalue weighted by Gasteiger charge is -2.31. The van der Waals surface area contributed by atoms with Gasteiger partial charge in [-0.25, -0.2) is 4.39 Å². The Hall–Kier alpha value is -2.35. The molecule has 8 heteroatoms. The van der Waals surface area contributed by atoms with Crippen LogP contribution in [0.25, 0.3) is 0 Å². The van der Waals surface area contributed by atoms with E-state index in [2.05, 4.69) is 21.2 Å². The van der Waals surface area contributed by atoms with Gasteiger partial charge < -0.3 is 10.2 Å². The zero-order valence-electron chi connectivity index (χ0n) is 20.1. The van der Waals surface area contributed by atoms with Crippen molar-refractivity contribution in [3.8, 4) is 0 Å². The van der Waals surface area contributed by atoms with Crippen LogP contribution in [0.2, 0.25) is 5.02 Å². The Labute approximate surface area is 229 Å². The van der Waals surface area contributed by atoms with E-state index in [1.807, 2.05) is 61.5 Å². The molecule has 0 saturated carbocycles. The summed E-state index contributed by atoms with van der Waals surface area (Å²) in [6, 6.07) is 21.2. The first-order valence-electron chi connectivity index (χ1n) is 11.7. The number of thioether (sulfide) groups is 1. The minimum absolute atomic E-state index is 0.0908. The number of hydrogen-bond donors (Lipinski definition) is 1. The van der Waals surface area contributed by atoms with Crippen molar-refractivity contribution >= 4 is 51.1 Å². The van der Waals surface area contributed by atoms with Gasteiger partial charge in [0.15, 0.2) is 0 Å². The Morgan fingerprint density at radius 3 is 2.42 bits per heavy atom. The third-order valence-corrected chi connectivity index (χ3v) is 7.45. The van der Waals surface area contributed by atoms with Gasteiger partial charge in [-0.15, -0.1) is 11.8 Å². The van der Waals surface area contributed by atoms with Crippen molar-refractivity contribution in [1.29, 1.82) is 0 Å². The molecule has 36 heavy (non-hydrogen) atoms. The second-order valence-electron chi connectivity index (χ2n) is 8.34. The van der Waals surface area contributed by atoms with E-state index < -0.39 is 11.9 Å². The first-order chi connectivity index (χ1) is 17.4. The van der Waals surface area contributed by atoms with E-state index in [0.717, 1.165) is 22.0 Å². The second kappa shape index (κ2) is 14.4. The van der Waals surface area contributed by atoms with Crippen LogP contribution in [0.5, 0.6) is 0 Å². The SMILES string of the molecule is CCCNC(=O)[C@@H](Cc1ccccc1)N(Cc1ccc(Br)cc1)C(=O)CSCc1c(F)cccc1Cl. The number of nitrogens with zero attached hydrogens (tertiary/aromatic N) is 1. The molecule has 2 amide bonds. The number of amides is 2. The van der Waals surface area contributed by atoms with Gasteiger partial charge in [-0.1, -0.05) is 83.0 Å². The van der Waals surface area contributed by atoms with Gasteiger partial charge in [0.2, 0.25) is 11.8 Å². The molecule has 4 nitrogen and oxygen atoms in total. The Balaban J connectivity index is 1.84. The standard InChI is InChI=1S/C28H29BrClFN2O2S/c1-2-15-32-28(35)26(16-20-7-4-3-5-8-20)33(17-21-11-13-22(29)14-12-21)27(34)19-36-18-23-24(30)9-6-10-25(23)31/h3-14,26H,2,15-19H2,1H3,(H,32,35)/t26-/m1/s1. The fourth-order valence-corrected chi connectivity index (χ4v) is 5.21. The Morgan fingerprint density at radius 2 is 1.75 bits per heavy atom. The van der Waals surface area contributed by atoms with Crippen LogP contribution in [0.4, 0.5) is 4.39 Å². The smallest absolute Gasteiger partial charge is 0.243 e. The quantitative estimate of drug-likeness (QED) is 0.257. The van der Waals surface area contributed by atoms with Gasteiger partial charge in [0.05, 0.1) is 5.75 Å². The molecule has 0 aliphatic carbocycles. The lowest BCUT2D eigenvalue weighted by molar-refractivity contribution is -0.139. The van der Waals surface area contributed by atoms with E-state index in [1.54, 1.807) is 17.0 Å². The molecule has 0 saturated heterocycles. The van der Waals surface area contributed by atoms with Crippen LogP contribution in [0.1, 0.15) is 30.0 Å². The van der Waals surface area contributed by atoms with Gasteiger partial charge in [0.25, 0.3) is 0 Å².